The number of aromatic nitrogens is 4. The highest BCUT2D eigenvalue weighted by atomic mass is 19.1. The summed E-state index contributed by atoms with van der Waals surface area (Å²) in [6, 6.07) is 0. The maximum absolute atomic E-state index is 14.8. The normalized spacial score (nSPS) is 14.2. The first kappa shape index (κ1) is 15.6. The number of hydrogen-bond acceptors (Lipinski definition) is 5. The standard InChI is InChI=1S/C17H16FN5O2/c1-8-13(12-6-20-5-10(4-19)21-12)11(18)7-23-15(8)14(9-2-3-9)16(24)22-17(23)25/h5-7,9H,2-4,19H2,1H3,(H,22,24,25). The highest BCUT2D eigenvalue weighted by Gasteiger charge is 2.31. The van der Waals surface area contributed by atoms with Gasteiger partial charge in [-0.05, 0) is 31.2 Å². The van der Waals surface area contributed by atoms with Crippen molar-refractivity contribution in [3.63, 3.8) is 0 Å². The minimum absolute atomic E-state index is 0.0952. The topological polar surface area (TPSA) is 106 Å². The molecule has 7 nitrogen and oxygen atoms in total. The van der Waals surface area contributed by atoms with Crippen molar-refractivity contribution < 1.29 is 4.39 Å². The van der Waals surface area contributed by atoms with E-state index < -0.39 is 17.1 Å². The molecule has 0 aromatic carbocycles. The van der Waals surface area contributed by atoms with Crippen LogP contribution in [0.25, 0.3) is 16.8 Å². The van der Waals surface area contributed by atoms with Crippen molar-refractivity contribution in [3.05, 3.63) is 62.1 Å². The zero-order valence-electron chi connectivity index (χ0n) is 13.5. The summed E-state index contributed by atoms with van der Waals surface area (Å²) in [5, 5.41) is 0. The fourth-order valence-electron chi connectivity index (χ4n) is 3.24. The Bertz CT molecular complexity index is 1110. The lowest BCUT2D eigenvalue weighted by Crippen LogP contribution is -2.30. The van der Waals surface area contributed by atoms with E-state index in [1.54, 1.807) is 6.92 Å². The molecule has 0 unspecified atom stereocenters. The highest BCUT2D eigenvalue weighted by molar-refractivity contribution is 5.75. The Morgan fingerprint density at radius 2 is 2.12 bits per heavy atom. The largest absolute Gasteiger partial charge is 0.333 e. The summed E-state index contributed by atoms with van der Waals surface area (Å²) >= 11 is 0. The van der Waals surface area contributed by atoms with Crippen LogP contribution in [0.15, 0.2) is 28.2 Å². The number of nitrogens with one attached hydrogen (secondary N) is 1. The number of aromatic amines is 1. The zero-order chi connectivity index (χ0) is 17.7. The Labute approximate surface area is 141 Å². The Kier molecular flexibility index (Phi) is 3.50. The van der Waals surface area contributed by atoms with Gasteiger partial charge in [-0.25, -0.2) is 14.2 Å². The molecular weight excluding hydrogens is 325 g/mol. The number of nitrogens with two attached hydrogens (primary N) is 1. The molecule has 0 spiro atoms. The summed E-state index contributed by atoms with van der Waals surface area (Å²) in [7, 11) is 0. The third kappa shape index (κ3) is 2.45. The van der Waals surface area contributed by atoms with Gasteiger partial charge in [0.1, 0.15) is 5.82 Å². The summed E-state index contributed by atoms with van der Waals surface area (Å²) < 4.78 is 16.0. The summed E-state index contributed by atoms with van der Waals surface area (Å²) in [5.41, 5.74) is 7.09. The first-order valence-electron chi connectivity index (χ1n) is 8.00. The van der Waals surface area contributed by atoms with Gasteiger partial charge in [0.25, 0.3) is 5.56 Å². The van der Waals surface area contributed by atoms with E-state index in [1.165, 1.54) is 16.8 Å². The van der Waals surface area contributed by atoms with Crippen LogP contribution in [0.3, 0.4) is 0 Å². The van der Waals surface area contributed by atoms with Crippen molar-refractivity contribution in [2.24, 2.45) is 5.73 Å². The first-order valence-corrected chi connectivity index (χ1v) is 8.00. The van der Waals surface area contributed by atoms with Crippen LogP contribution in [0.1, 0.15) is 35.6 Å². The Hall–Kier alpha value is -2.87. The maximum Gasteiger partial charge on any atom is 0.333 e. The van der Waals surface area contributed by atoms with Crippen molar-refractivity contribution in [1.82, 2.24) is 19.4 Å². The van der Waals surface area contributed by atoms with Crippen LogP contribution in [0.4, 0.5) is 4.39 Å². The molecule has 3 heterocycles. The van der Waals surface area contributed by atoms with Crippen LogP contribution < -0.4 is 17.0 Å². The van der Waals surface area contributed by atoms with Crippen LogP contribution in [-0.4, -0.2) is 19.4 Å². The molecule has 128 valence electrons. The van der Waals surface area contributed by atoms with Crippen LogP contribution in [0.2, 0.25) is 0 Å². The number of nitrogens with zero attached hydrogens (tertiary/aromatic N) is 3. The van der Waals surface area contributed by atoms with E-state index in [2.05, 4.69) is 15.0 Å². The molecule has 0 atom stereocenters. The van der Waals surface area contributed by atoms with Crippen molar-refractivity contribution in [2.75, 3.05) is 0 Å². The van der Waals surface area contributed by atoms with E-state index in [4.69, 9.17) is 5.73 Å². The van der Waals surface area contributed by atoms with Gasteiger partial charge in [0, 0.05) is 23.9 Å². The number of pyridine rings is 1. The molecule has 8 heteroatoms. The average Bonchev–Trinajstić information content (AvgIpc) is 3.41. The van der Waals surface area contributed by atoms with Crippen molar-refractivity contribution >= 4 is 5.52 Å². The third-order valence-electron chi connectivity index (χ3n) is 4.53. The van der Waals surface area contributed by atoms with Gasteiger partial charge in [0.2, 0.25) is 0 Å². The lowest BCUT2D eigenvalue weighted by molar-refractivity contribution is 0.617. The van der Waals surface area contributed by atoms with Gasteiger partial charge >= 0.3 is 5.69 Å². The molecular formula is C17H16FN5O2. The molecule has 1 fully saturated rings. The first-order chi connectivity index (χ1) is 12.0. The second-order valence-electron chi connectivity index (χ2n) is 6.24. The molecule has 1 aliphatic rings. The summed E-state index contributed by atoms with van der Waals surface area (Å²) in [6.45, 7) is 1.87. The number of rotatable bonds is 3. The van der Waals surface area contributed by atoms with E-state index in [1.807, 2.05) is 0 Å². The second kappa shape index (κ2) is 5.59. The predicted octanol–water partition coefficient (Wildman–Crippen LogP) is 1.23. The predicted molar refractivity (Wildman–Crippen MR) is 89.9 cm³/mol. The number of H-pyrrole nitrogens is 1. The van der Waals surface area contributed by atoms with E-state index in [-0.39, 0.29) is 18.0 Å². The minimum Gasteiger partial charge on any atom is -0.325 e. The molecule has 1 aliphatic carbocycles. The fourth-order valence-corrected chi connectivity index (χ4v) is 3.24. The number of fused-ring (bicyclic) bond motifs is 1. The molecule has 3 aromatic rings. The summed E-state index contributed by atoms with van der Waals surface area (Å²) in [5.74, 6) is -0.512. The Morgan fingerprint density at radius 3 is 2.80 bits per heavy atom. The Morgan fingerprint density at radius 1 is 1.36 bits per heavy atom. The van der Waals surface area contributed by atoms with E-state index >= 15 is 0 Å². The maximum atomic E-state index is 14.8. The fraction of sp³-hybridized carbons (Fsp3) is 0.294. The van der Waals surface area contributed by atoms with Crippen LogP contribution >= 0.6 is 0 Å². The zero-order valence-corrected chi connectivity index (χ0v) is 13.5. The average molecular weight is 341 g/mol. The number of aryl methyl sites for hydroxylation is 1. The molecule has 25 heavy (non-hydrogen) atoms. The number of hydrogen-bond donors (Lipinski definition) is 2. The molecule has 4 rings (SSSR count). The van der Waals surface area contributed by atoms with Crippen molar-refractivity contribution in [3.8, 4) is 11.3 Å². The quantitative estimate of drug-likeness (QED) is 0.745. The molecule has 0 saturated heterocycles. The molecule has 0 radical (unpaired) electrons. The summed E-state index contributed by atoms with van der Waals surface area (Å²) in [4.78, 5) is 35.1. The van der Waals surface area contributed by atoms with Gasteiger partial charge < -0.3 is 5.73 Å². The van der Waals surface area contributed by atoms with Crippen molar-refractivity contribution in [2.45, 2.75) is 32.2 Å². The molecule has 3 aromatic heterocycles. The van der Waals surface area contributed by atoms with Crippen LogP contribution in [-0.2, 0) is 6.54 Å². The molecule has 3 N–H and O–H groups in total. The second-order valence-corrected chi connectivity index (χ2v) is 6.24. The van der Waals surface area contributed by atoms with Gasteiger partial charge in [-0.15, -0.1) is 0 Å². The van der Waals surface area contributed by atoms with Gasteiger partial charge in [0.05, 0.1) is 29.3 Å². The monoisotopic (exact) mass is 341 g/mol. The SMILES string of the molecule is Cc1c(-c2cncc(CN)n2)c(F)cn2c(=O)[nH]c(=O)c(C3CC3)c12. The minimum atomic E-state index is -0.653. The van der Waals surface area contributed by atoms with Gasteiger partial charge in [-0.3, -0.25) is 19.2 Å². The Balaban J connectivity index is 2.11. The van der Waals surface area contributed by atoms with E-state index in [0.717, 1.165) is 19.0 Å². The van der Waals surface area contributed by atoms with E-state index in [0.29, 0.717) is 28.0 Å². The molecule has 1 saturated carbocycles. The molecule has 0 aliphatic heterocycles. The third-order valence-corrected chi connectivity index (χ3v) is 4.53. The number of halogens is 1. The van der Waals surface area contributed by atoms with Gasteiger partial charge in [0.15, 0.2) is 0 Å². The highest BCUT2D eigenvalue weighted by Crippen LogP contribution is 2.41. The molecule has 0 bridgehead atoms. The smallest absolute Gasteiger partial charge is 0.325 e. The molecule has 0 amide bonds. The van der Waals surface area contributed by atoms with Crippen LogP contribution in [0, 0.1) is 12.7 Å². The lowest BCUT2D eigenvalue weighted by Gasteiger charge is -2.14. The van der Waals surface area contributed by atoms with E-state index in [9.17, 15) is 14.0 Å². The lowest BCUT2D eigenvalue weighted by atomic mass is 10.0. The van der Waals surface area contributed by atoms with Gasteiger partial charge in [-0.2, -0.15) is 0 Å². The van der Waals surface area contributed by atoms with Crippen molar-refractivity contribution in [1.29, 1.82) is 0 Å². The summed E-state index contributed by atoms with van der Waals surface area (Å²) in [6.07, 6.45) is 5.82. The van der Waals surface area contributed by atoms with Crippen LogP contribution in [0.5, 0.6) is 0 Å². The van der Waals surface area contributed by atoms with Gasteiger partial charge in [-0.1, -0.05) is 0 Å².